The van der Waals surface area contributed by atoms with Crippen molar-refractivity contribution in [2.45, 2.75) is 39.5 Å². The number of benzene rings is 1. The summed E-state index contributed by atoms with van der Waals surface area (Å²) in [5.41, 5.74) is 1.11. The van der Waals surface area contributed by atoms with Crippen molar-refractivity contribution >= 4 is 21.7 Å². The van der Waals surface area contributed by atoms with E-state index in [1.54, 1.807) is 27.0 Å². The topological polar surface area (TPSA) is 54.0 Å². The highest BCUT2D eigenvalue weighted by atomic mass is 31.2. The van der Waals surface area contributed by atoms with Crippen molar-refractivity contribution in [2.75, 3.05) is 26.9 Å². The molecule has 0 N–H and O–H groups in total. The van der Waals surface area contributed by atoms with Crippen LogP contribution in [0.1, 0.15) is 19.4 Å². The predicted molar refractivity (Wildman–Crippen MR) is 106 cm³/mol. The minimum atomic E-state index is -3.47. The highest BCUT2D eigenvalue weighted by molar-refractivity contribution is 7.58. The average Bonchev–Trinajstić information content (AvgIpc) is 2.54. The first kappa shape index (κ1) is 22.0. The number of hydrogen-bond acceptors (Lipinski definition) is 5. The van der Waals surface area contributed by atoms with E-state index in [1.165, 1.54) is 0 Å². The van der Waals surface area contributed by atoms with Gasteiger partial charge >= 0.3 is 7.60 Å². The Morgan fingerprint density at radius 1 is 1.08 bits per heavy atom. The van der Waals surface area contributed by atoms with Crippen molar-refractivity contribution in [3.05, 3.63) is 35.3 Å². The van der Waals surface area contributed by atoms with E-state index >= 15 is 0 Å². The van der Waals surface area contributed by atoms with Crippen LogP contribution in [0.2, 0.25) is 25.7 Å². The molecule has 0 aliphatic carbocycles. The van der Waals surface area contributed by atoms with Crippen LogP contribution in [-0.2, 0) is 18.3 Å². The van der Waals surface area contributed by atoms with E-state index in [9.17, 15) is 4.57 Å². The summed E-state index contributed by atoms with van der Waals surface area (Å²) >= 11 is 0. The molecule has 0 unspecified atom stereocenters. The van der Waals surface area contributed by atoms with Crippen LogP contribution in [-0.4, -0.2) is 35.0 Å². The maximum Gasteiger partial charge on any atom is 0.395 e. The van der Waals surface area contributed by atoms with E-state index in [-0.39, 0.29) is 18.7 Å². The SMILES string of the molecule is CCOP(=O)(OCC)/C(=C/c1ccc(OC)cc1)OCC[Si](C)(C)C. The summed E-state index contributed by atoms with van der Waals surface area (Å²) in [6.07, 6.45) is 1.73. The van der Waals surface area contributed by atoms with Gasteiger partial charge in [0.15, 0.2) is 0 Å². The summed E-state index contributed by atoms with van der Waals surface area (Å²) in [5, 5.41) is 0. The van der Waals surface area contributed by atoms with Gasteiger partial charge in [-0.3, -0.25) is 4.57 Å². The van der Waals surface area contributed by atoms with Gasteiger partial charge < -0.3 is 18.5 Å². The third kappa shape index (κ3) is 7.78. The standard InChI is InChI=1S/C18H31O5PSi/c1-7-22-24(19,23-8-2)18(21-13-14-25(4,5)6)15-16-9-11-17(20-3)12-10-16/h9-12,15H,7-8,13-14H2,1-6H3/b18-15+. The smallest absolute Gasteiger partial charge is 0.395 e. The quantitative estimate of drug-likeness (QED) is 0.281. The lowest BCUT2D eigenvalue weighted by Crippen LogP contribution is -2.21. The molecule has 142 valence electrons. The molecule has 0 heterocycles. The molecule has 0 atom stereocenters. The molecule has 1 rings (SSSR count). The Balaban J connectivity index is 3.10. The molecule has 0 aromatic heterocycles. The summed E-state index contributed by atoms with van der Waals surface area (Å²) in [6, 6.07) is 8.41. The number of hydrogen-bond donors (Lipinski definition) is 0. The fourth-order valence-electron chi connectivity index (χ4n) is 2.01. The lowest BCUT2D eigenvalue weighted by Gasteiger charge is -2.22. The molecule has 0 aliphatic rings. The van der Waals surface area contributed by atoms with Crippen LogP contribution in [0.15, 0.2) is 29.8 Å². The Morgan fingerprint density at radius 3 is 2.08 bits per heavy atom. The van der Waals surface area contributed by atoms with E-state index in [0.717, 1.165) is 17.4 Å². The Labute approximate surface area is 152 Å². The van der Waals surface area contributed by atoms with Gasteiger partial charge in [-0.2, -0.15) is 0 Å². The van der Waals surface area contributed by atoms with Crippen molar-refractivity contribution in [3.8, 4) is 5.75 Å². The van der Waals surface area contributed by atoms with Crippen molar-refractivity contribution in [1.29, 1.82) is 0 Å². The monoisotopic (exact) mass is 386 g/mol. The molecule has 0 amide bonds. The fourth-order valence-corrected chi connectivity index (χ4v) is 4.29. The van der Waals surface area contributed by atoms with Gasteiger partial charge in [-0.1, -0.05) is 31.8 Å². The van der Waals surface area contributed by atoms with Gasteiger partial charge in [0, 0.05) is 8.07 Å². The van der Waals surface area contributed by atoms with Crippen LogP contribution in [0.5, 0.6) is 5.75 Å². The van der Waals surface area contributed by atoms with Gasteiger partial charge in [-0.15, -0.1) is 0 Å². The number of rotatable bonds is 11. The zero-order valence-corrected chi connectivity index (χ0v) is 18.1. The first-order valence-corrected chi connectivity index (χ1v) is 13.9. The Morgan fingerprint density at radius 2 is 1.64 bits per heavy atom. The molecule has 5 nitrogen and oxygen atoms in total. The minimum absolute atomic E-state index is 0.264. The van der Waals surface area contributed by atoms with E-state index in [1.807, 2.05) is 24.3 Å². The van der Waals surface area contributed by atoms with Gasteiger partial charge in [0.2, 0.25) is 5.50 Å². The molecule has 0 saturated heterocycles. The predicted octanol–water partition coefficient (Wildman–Crippen LogP) is 5.61. The summed E-state index contributed by atoms with van der Waals surface area (Å²) in [5.74, 6) is 0.760. The fraction of sp³-hybridized carbons (Fsp3) is 0.556. The molecule has 0 aliphatic heterocycles. The van der Waals surface area contributed by atoms with Crippen LogP contribution in [0.3, 0.4) is 0 Å². The van der Waals surface area contributed by atoms with Crippen molar-refractivity contribution < 1.29 is 23.1 Å². The highest BCUT2D eigenvalue weighted by Gasteiger charge is 2.32. The van der Waals surface area contributed by atoms with E-state index in [4.69, 9.17) is 18.5 Å². The van der Waals surface area contributed by atoms with E-state index < -0.39 is 15.7 Å². The molecule has 7 heteroatoms. The molecule has 0 fully saturated rings. The third-order valence-electron chi connectivity index (χ3n) is 3.38. The normalized spacial score (nSPS) is 13.0. The van der Waals surface area contributed by atoms with Crippen molar-refractivity contribution in [1.82, 2.24) is 0 Å². The largest absolute Gasteiger partial charge is 0.497 e. The summed E-state index contributed by atoms with van der Waals surface area (Å²) in [6.45, 7) is 11.5. The van der Waals surface area contributed by atoms with Gasteiger partial charge in [-0.05, 0) is 43.7 Å². The zero-order valence-electron chi connectivity index (χ0n) is 16.2. The first-order chi connectivity index (χ1) is 11.7. The van der Waals surface area contributed by atoms with Gasteiger partial charge in [0.05, 0.1) is 26.9 Å². The molecule has 25 heavy (non-hydrogen) atoms. The molecule has 0 radical (unpaired) electrons. The summed E-state index contributed by atoms with van der Waals surface area (Å²) in [7, 11) is -3.12. The number of methoxy groups -OCH3 is 1. The van der Waals surface area contributed by atoms with E-state index in [2.05, 4.69) is 19.6 Å². The molecule has 1 aromatic rings. The van der Waals surface area contributed by atoms with Crippen molar-refractivity contribution in [3.63, 3.8) is 0 Å². The highest BCUT2D eigenvalue weighted by Crippen LogP contribution is 2.57. The third-order valence-corrected chi connectivity index (χ3v) is 7.07. The van der Waals surface area contributed by atoms with Gasteiger partial charge in [0.25, 0.3) is 0 Å². The van der Waals surface area contributed by atoms with Crippen LogP contribution < -0.4 is 4.74 Å². The molecule has 0 spiro atoms. The second-order valence-corrected chi connectivity index (χ2v) is 14.3. The maximum absolute atomic E-state index is 13.1. The zero-order chi connectivity index (χ0) is 18.9. The Hall–Kier alpha value is -1.07. The minimum Gasteiger partial charge on any atom is -0.497 e. The maximum atomic E-state index is 13.1. The van der Waals surface area contributed by atoms with E-state index in [0.29, 0.717) is 6.61 Å². The summed E-state index contributed by atoms with van der Waals surface area (Å²) < 4.78 is 35.1. The van der Waals surface area contributed by atoms with Crippen molar-refractivity contribution in [2.24, 2.45) is 0 Å². The van der Waals surface area contributed by atoms with Crippen LogP contribution in [0, 0.1) is 0 Å². The van der Waals surface area contributed by atoms with Crippen LogP contribution in [0.4, 0.5) is 0 Å². The Kier molecular flexibility index (Phi) is 8.93. The summed E-state index contributed by atoms with van der Waals surface area (Å²) in [4.78, 5) is 0. The molecular weight excluding hydrogens is 355 g/mol. The molecular formula is C18H31O5PSi. The average molecular weight is 387 g/mol. The molecule has 0 saturated carbocycles. The first-order valence-electron chi connectivity index (χ1n) is 8.62. The van der Waals surface area contributed by atoms with Gasteiger partial charge in [0.1, 0.15) is 5.75 Å². The number of ether oxygens (including phenoxy) is 2. The lowest BCUT2D eigenvalue weighted by atomic mass is 10.2. The molecule has 1 aromatic carbocycles. The van der Waals surface area contributed by atoms with Crippen LogP contribution >= 0.6 is 7.60 Å². The Bertz CT molecular complexity index is 582. The van der Waals surface area contributed by atoms with Gasteiger partial charge in [-0.25, -0.2) is 0 Å². The lowest BCUT2D eigenvalue weighted by molar-refractivity contribution is 0.184. The molecule has 0 bridgehead atoms. The van der Waals surface area contributed by atoms with Crippen LogP contribution in [0.25, 0.3) is 6.08 Å². The second-order valence-electron chi connectivity index (χ2n) is 6.75. The second kappa shape index (κ2) is 10.2.